The SMILES string of the molecule is CC(C(=O)NC1CC1)N1C[C@@H]2CCCN[C@@H]2C1. The highest BCUT2D eigenvalue weighted by atomic mass is 16.2. The first-order chi connectivity index (χ1) is 8.24. The fourth-order valence-corrected chi connectivity index (χ4v) is 3.11. The maximum Gasteiger partial charge on any atom is 0.237 e. The number of nitrogens with zero attached hydrogens (tertiary/aromatic N) is 1. The second-order valence-corrected chi connectivity index (χ2v) is 5.88. The quantitative estimate of drug-likeness (QED) is 0.744. The van der Waals surface area contributed by atoms with Crippen molar-refractivity contribution >= 4 is 5.91 Å². The maximum absolute atomic E-state index is 12.0. The van der Waals surface area contributed by atoms with Gasteiger partial charge in [-0.3, -0.25) is 9.69 Å². The van der Waals surface area contributed by atoms with E-state index in [1.165, 1.54) is 25.7 Å². The van der Waals surface area contributed by atoms with Gasteiger partial charge in [-0.2, -0.15) is 0 Å². The van der Waals surface area contributed by atoms with Gasteiger partial charge in [0.1, 0.15) is 0 Å². The fourth-order valence-electron chi connectivity index (χ4n) is 3.11. The Morgan fingerprint density at radius 3 is 2.88 bits per heavy atom. The summed E-state index contributed by atoms with van der Waals surface area (Å²) in [4.78, 5) is 14.4. The van der Waals surface area contributed by atoms with Crippen molar-refractivity contribution in [2.24, 2.45) is 5.92 Å². The van der Waals surface area contributed by atoms with Crippen LogP contribution in [-0.4, -0.2) is 48.6 Å². The minimum absolute atomic E-state index is 0.0444. The first kappa shape index (κ1) is 11.5. The van der Waals surface area contributed by atoms with Crippen molar-refractivity contribution in [3.8, 4) is 0 Å². The third-order valence-electron chi connectivity index (χ3n) is 4.48. The summed E-state index contributed by atoms with van der Waals surface area (Å²) in [6.45, 7) is 5.34. The Hall–Kier alpha value is -0.610. The molecule has 1 unspecified atom stereocenters. The average Bonchev–Trinajstić information content (AvgIpc) is 3.04. The molecule has 2 saturated heterocycles. The van der Waals surface area contributed by atoms with Gasteiger partial charge in [-0.05, 0) is 45.1 Å². The highest BCUT2D eigenvalue weighted by Crippen LogP contribution is 2.26. The molecular formula is C13H23N3O. The second-order valence-electron chi connectivity index (χ2n) is 5.88. The van der Waals surface area contributed by atoms with Crippen molar-refractivity contribution in [2.45, 2.75) is 50.7 Å². The van der Waals surface area contributed by atoms with Crippen LogP contribution in [0.3, 0.4) is 0 Å². The number of hydrogen-bond acceptors (Lipinski definition) is 3. The van der Waals surface area contributed by atoms with Crippen LogP contribution < -0.4 is 10.6 Å². The van der Waals surface area contributed by atoms with E-state index in [1.807, 2.05) is 0 Å². The van der Waals surface area contributed by atoms with Crippen molar-refractivity contribution < 1.29 is 4.79 Å². The Morgan fingerprint density at radius 1 is 1.35 bits per heavy atom. The number of nitrogens with one attached hydrogen (secondary N) is 2. The van der Waals surface area contributed by atoms with Gasteiger partial charge in [-0.15, -0.1) is 0 Å². The summed E-state index contributed by atoms with van der Waals surface area (Å²) in [5.74, 6) is 0.992. The highest BCUT2D eigenvalue weighted by molar-refractivity contribution is 5.81. The number of hydrogen-bond donors (Lipinski definition) is 2. The van der Waals surface area contributed by atoms with Gasteiger partial charge in [0.25, 0.3) is 0 Å². The zero-order valence-corrected chi connectivity index (χ0v) is 10.6. The van der Waals surface area contributed by atoms with E-state index < -0.39 is 0 Å². The number of fused-ring (bicyclic) bond motifs is 1. The van der Waals surface area contributed by atoms with Gasteiger partial charge in [-0.25, -0.2) is 0 Å². The lowest BCUT2D eigenvalue weighted by molar-refractivity contribution is -0.125. The fraction of sp³-hybridized carbons (Fsp3) is 0.923. The van der Waals surface area contributed by atoms with Gasteiger partial charge in [0.15, 0.2) is 0 Å². The molecule has 1 amide bonds. The third kappa shape index (κ3) is 2.47. The summed E-state index contributed by atoms with van der Waals surface area (Å²) in [5, 5.41) is 6.70. The highest BCUT2D eigenvalue weighted by Gasteiger charge is 2.38. The van der Waals surface area contributed by atoms with Crippen LogP contribution in [0.15, 0.2) is 0 Å². The lowest BCUT2D eigenvalue weighted by atomic mass is 9.94. The van der Waals surface area contributed by atoms with Crippen LogP contribution in [0.2, 0.25) is 0 Å². The molecule has 3 aliphatic rings. The smallest absolute Gasteiger partial charge is 0.237 e. The molecule has 0 aromatic carbocycles. The Kier molecular flexibility index (Phi) is 3.09. The molecule has 3 atom stereocenters. The number of carbonyl (C=O) groups excluding carboxylic acids is 1. The molecule has 17 heavy (non-hydrogen) atoms. The minimum atomic E-state index is 0.0444. The van der Waals surface area contributed by atoms with E-state index >= 15 is 0 Å². The maximum atomic E-state index is 12.0. The van der Waals surface area contributed by atoms with Crippen LogP contribution in [0.4, 0.5) is 0 Å². The predicted molar refractivity (Wildman–Crippen MR) is 66.7 cm³/mol. The van der Waals surface area contributed by atoms with Crippen LogP contribution in [0.5, 0.6) is 0 Å². The van der Waals surface area contributed by atoms with Gasteiger partial charge < -0.3 is 10.6 Å². The lowest BCUT2D eigenvalue weighted by Gasteiger charge is -2.25. The Morgan fingerprint density at radius 2 is 2.18 bits per heavy atom. The molecule has 2 aliphatic heterocycles. The molecule has 0 radical (unpaired) electrons. The molecule has 4 nitrogen and oxygen atoms in total. The molecule has 1 aliphatic carbocycles. The number of likely N-dealkylation sites (tertiary alicyclic amines) is 1. The Balaban J connectivity index is 1.55. The zero-order valence-electron chi connectivity index (χ0n) is 10.6. The minimum Gasteiger partial charge on any atom is -0.352 e. The summed E-state index contributed by atoms with van der Waals surface area (Å²) < 4.78 is 0. The zero-order chi connectivity index (χ0) is 11.8. The predicted octanol–water partition coefficient (Wildman–Crippen LogP) is 0.337. The molecule has 0 spiro atoms. The summed E-state index contributed by atoms with van der Waals surface area (Å²) in [6, 6.07) is 1.15. The second kappa shape index (κ2) is 4.58. The van der Waals surface area contributed by atoms with Crippen molar-refractivity contribution in [3.63, 3.8) is 0 Å². The van der Waals surface area contributed by atoms with Crippen LogP contribution in [0.1, 0.15) is 32.6 Å². The number of piperidine rings is 1. The lowest BCUT2D eigenvalue weighted by Crippen LogP contribution is -2.46. The van der Waals surface area contributed by atoms with E-state index in [1.54, 1.807) is 0 Å². The van der Waals surface area contributed by atoms with E-state index in [0.29, 0.717) is 12.1 Å². The summed E-state index contributed by atoms with van der Waals surface area (Å²) in [6.07, 6.45) is 4.96. The molecule has 3 fully saturated rings. The van der Waals surface area contributed by atoms with Crippen LogP contribution >= 0.6 is 0 Å². The summed E-state index contributed by atoms with van der Waals surface area (Å²) in [5.41, 5.74) is 0. The van der Waals surface area contributed by atoms with Crippen LogP contribution in [0.25, 0.3) is 0 Å². The standard InChI is InChI=1S/C13H23N3O/c1-9(13(17)15-11-4-5-11)16-7-10-3-2-6-14-12(10)8-16/h9-12,14H,2-8H2,1H3,(H,15,17)/t9?,10-,12+/m0/s1. The van der Waals surface area contributed by atoms with Crippen molar-refractivity contribution in [2.75, 3.05) is 19.6 Å². The number of carbonyl (C=O) groups is 1. The summed E-state index contributed by atoms with van der Waals surface area (Å²) >= 11 is 0. The van der Waals surface area contributed by atoms with E-state index in [0.717, 1.165) is 25.6 Å². The molecule has 2 heterocycles. The van der Waals surface area contributed by atoms with Gasteiger partial charge >= 0.3 is 0 Å². The summed E-state index contributed by atoms with van der Waals surface area (Å²) in [7, 11) is 0. The third-order valence-corrected chi connectivity index (χ3v) is 4.48. The molecule has 0 bridgehead atoms. The molecule has 2 N–H and O–H groups in total. The Bertz CT molecular complexity index is 289. The van der Waals surface area contributed by atoms with Gasteiger partial charge in [-0.1, -0.05) is 0 Å². The van der Waals surface area contributed by atoms with Crippen LogP contribution in [0, 0.1) is 5.92 Å². The van der Waals surface area contributed by atoms with Gasteiger partial charge in [0.05, 0.1) is 6.04 Å². The average molecular weight is 237 g/mol. The van der Waals surface area contributed by atoms with Crippen molar-refractivity contribution in [1.82, 2.24) is 15.5 Å². The molecule has 4 heteroatoms. The molecule has 3 rings (SSSR count). The van der Waals surface area contributed by atoms with Crippen molar-refractivity contribution in [3.05, 3.63) is 0 Å². The first-order valence-corrected chi connectivity index (χ1v) is 7.02. The van der Waals surface area contributed by atoms with Gasteiger partial charge in [0, 0.05) is 25.2 Å². The molecular weight excluding hydrogens is 214 g/mol. The van der Waals surface area contributed by atoms with Gasteiger partial charge in [0.2, 0.25) is 5.91 Å². The van der Waals surface area contributed by atoms with Crippen molar-refractivity contribution in [1.29, 1.82) is 0 Å². The van der Waals surface area contributed by atoms with E-state index in [4.69, 9.17) is 0 Å². The molecule has 1 saturated carbocycles. The van der Waals surface area contributed by atoms with E-state index in [9.17, 15) is 4.79 Å². The van der Waals surface area contributed by atoms with E-state index in [2.05, 4.69) is 22.5 Å². The molecule has 0 aromatic heterocycles. The normalized spacial score (nSPS) is 35.4. The number of rotatable bonds is 3. The molecule has 96 valence electrons. The largest absolute Gasteiger partial charge is 0.352 e. The number of amides is 1. The van der Waals surface area contributed by atoms with E-state index in [-0.39, 0.29) is 11.9 Å². The van der Waals surface area contributed by atoms with Crippen LogP contribution in [-0.2, 0) is 4.79 Å². The molecule has 0 aromatic rings. The Labute approximate surface area is 103 Å². The topological polar surface area (TPSA) is 44.4 Å². The first-order valence-electron chi connectivity index (χ1n) is 7.02. The monoisotopic (exact) mass is 237 g/mol.